The molecule has 0 spiro atoms. The lowest BCUT2D eigenvalue weighted by Crippen LogP contribution is -2.19. The highest BCUT2D eigenvalue weighted by molar-refractivity contribution is 6.31. The minimum atomic E-state index is -0.228. The van der Waals surface area contributed by atoms with Crippen molar-refractivity contribution in [1.29, 1.82) is 0 Å². The lowest BCUT2D eigenvalue weighted by Gasteiger charge is -2.23. The van der Waals surface area contributed by atoms with E-state index < -0.39 is 0 Å². The van der Waals surface area contributed by atoms with Gasteiger partial charge in [-0.15, -0.1) is 0 Å². The lowest BCUT2D eigenvalue weighted by atomic mass is 10.1. The van der Waals surface area contributed by atoms with E-state index in [9.17, 15) is 4.39 Å². The first-order chi connectivity index (χ1) is 10.1. The van der Waals surface area contributed by atoms with Crippen molar-refractivity contribution in [3.8, 4) is 0 Å². The van der Waals surface area contributed by atoms with Gasteiger partial charge in [-0.3, -0.25) is 0 Å². The van der Waals surface area contributed by atoms with Crippen LogP contribution in [0.15, 0.2) is 42.5 Å². The van der Waals surface area contributed by atoms with Crippen molar-refractivity contribution >= 4 is 23.0 Å². The molecule has 4 heteroatoms. The number of halogens is 2. The molecule has 2 nitrogen and oxygen atoms in total. The topological polar surface area (TPSA) is 15.3 Å². The Kier molecular flexibility index (Phi) is 4.13. The highest BCUT2D eigenvalue weighted by Gasteiger charge is 2.21. The number of anilines is 2. The highest BCUT2D eigenvalue weighted by atomic mass is 35.5. The normalized spacial score (nSPS) is 14.2. The van der Waals surface area contributed by atoms with Crippen LogP contribution in [0.5, 0.6) is 0 Å². The molecule has 0 atom stereocenters. The summed E-state index contributed by atoms with van der Waals surface area (Å²) in [4.78, 5) is 2.04. The Morgan fingerprint density at radius 2 is 1.90 bits per heavy atom. The quantitative estimate of drug-likeness (QED) is 0.875. The molecule has 21 heavy (non-hydrogen) atoms. The van der Waals surface area contributed by atoms with Crippen LogP contribution >= 0.6 is 11.6 Å². The number of benzene rings is 2. The van der Waals surface area contributed by atoms with E-state index in [4.69, 9.17) is 11.6 Å². The van der Waals surface area contributed by atoms with Gasteiger partial charge >= 0.3 is 0 Å². The number of nitrogens with zero attached hydrogens (tertiary/aromatic N) is 1. The Morgan fingerprint density at radius 1 is 1.19 bits per heavy atom. The summed E-state index contributed by atoms with van der Waals surface area (Å²) in [7, 11) is 1.97. The van der Waals surface area contributed by atoms with Gasteiger partial charge < -0.3 is 10.2 Å². The molecule has 1 aliphatic rings. The van der Waals surface area contributed by atoms with Crippen LogP contribution in [-0.4, -0.2) is 13.1 Å². The number of hydrogen-bond donors (Lipinski definition) is 1. The Hall–Kier alpha value is -1.58. The fourth-order valence-electron chi connectivity index (χ4n) is 2.37. The summed E-state index contributed by atoms with van der Waals surface area (Å²) < 4.78 is 13.1. The minimum absolute atomic E-state index is 0.228. The molecule has 0 saturated heterocycles. The second kappa shape index (κ2) is 6.04. The molecule has 0 radical (unpaired) electrons. The summed E-state index contributed by atoms with van der Waals surface area (Å²) in [5.74, 6) is -0.228. The Morgan fingerprint density at radius 3 is 2.57 bits per heavy atom. The van der Waals surface area contributed by atoms with Crippen LogP contribution in [0.3, 0.4) is 0 Å². The molecule has 0 heterocycles. The van der Waals surface area contributed by atoms with Gasteiger partial charge in [0.1, 0.15) is 5.82 Å². The zero-order valence-corrected chi connectivity index (χ0v) is 12.7. The van der Waals surface area contributed by atoms with Crippen molar-refractivity contribution in [2.24, 2.45) is 0 Å². The zero-order chi connectivity index (χ0) is 14.8. The van der Waals surface area contributed by atoms with Gasteiger partial charge in [0, 0.05) is 41.6 Å². The molecular formula is C17H18ClFN2. The first kappa shape index (κ1) is 14.4. The molecule has 1 aliphatic carbocycles. The van der Waals surface area contributed by atoms with Gasteiger partial charge in [0.15, 0.2) is 0 Å². The summed E-state index contributed by atoms with van der Waals surface area (Å²) in [6, 6.07) is 13.0. The molecule has 0 aromatic heterocycles. The van der Waals surface area contributed by atoms with Crippen LogP contribution in [0, 0.1) is 5.82 Å². The van der Waals surface area contributed by atoms with E-state index in [1.807, 2.05) is 30.1 Å². The molecule has 0 bridgehead atoms. The molecule has 2 aromatic rings. The first-order valence-corrected chi connectivity index (χ1v) is 7.53. The maximum Gasteiger partial charge on any atom is 0.123 e. The van der Waals surface area contributed by atoms with Crippen LogP contribution in [0.2, 0.25) is 5.02 Å². The first-order valence-electron chi connectivity index (χ1n) is 7.15. The molecule has 2 aromatic carbocycles. The molecule has 0 aliphatic heterocycles. The maximum absolute atomic E-state index is 13.1. The smallest absolute Gasteiger partial charge is 0.123 e. The molecular weight excluding hydrogens is 287 g/mol. The van der Waals surface area contributed by atoms with Gasteiger partial charge in [-0.1, -0.05) is 17.7 Å². The Balaban J connectivity index is 1.88. The SMILES string of the molecule is CN(c1ccc(F)cc1)c1cccc(Cl)c1CNC1CC1. The van der Waals surface area contributed by atoms with Crippen molar-refractivity contribution in [1.82, 2.24) is 5.32 Å². The van der Waals surface area contributed by atoms with Gasteiger partial charge in [0.05, 0.1) is 0 Å². The number of rotatable bonds is 5. The van der Waals surface area contributed by atoms with E-state index in [0.717, 1.165) is 28.5 Å². The lowest BCUT2D eigenvalue weighted by molar-refractivity contribution is 0.628. The summed E-state index contributed by atoms with van der Waals surface area (Å²) in [6.45, 7) is 0.755. The molecule has 3 rings (SSSR count). The Bertz CT molecular complexity index is 623. The molecule has 0 amide bonds. The molecule has 1 saturated carbocycles. The Labute approximate surface area is 129 Å². The van der Waals surface area contributed by atoms with Crippen LogP contribution in [0.1, 0.15) is 18.4 Å². The van der Waals surface area contributed by atoms with Gasteiger partial charge in [0.25, 0.3) is 0 Å². The summed E-state index contributed by atoms with van der Waals surface area (Å²) >= 11 is 6.36. The van der Waals surface area contributed by atoms with Crippen LogP contribution in [0.25, 0.3) is 0 Å². The van der Waals surface area contributed by atoms with Crippen molar-refractivity contribution in [2.45, 2.75) is 25.4 Å². The van der Waals surface area contributed by atoms with Gasteiger partial charge in [-0.25, -0.2) is 4.39 Å². The van der Waals surface area contributed by atoms with Gasteiger partial charge in [-0.2, -0.15) is 0 Å². The minimum Gasteiger partial charge on any atom is -0.344 e. The van der Waals surface area contributed by atoms with Crippen molar-refractivity contribution in [3.63, 3.8) is 0 Å². The van der Waals surface area contributed by atoms with E-state index >= 15 is 0 Å². The number of hydrogen-bond acceptors (Lipinski definition) is 2. The highest BCUT2D eigenvalue weighted by Crippen LogP contribution is 2.32. The predicted octanol–water partition coefficient (Wildman–Crippen LogP) is 4.50. The fourth-order valence-corrected chi connectivity index (χ4v) is 2.61. The van der Waals surface area contributed by atoms with Crippen LogP contribution < -0.4 is 10.2 Å². The van der Waals surface area contributed by atoms with Crippen LogP contribution in [0.4, 0.5) is 15.8 Å². The third-order valence-corrected chi connectivity index (χ3v) is 4.17. The summed E-state index contributed by atoms with van der Waals surface area (Å²) in [5.41, 5.74) is 3.06. The average molecular weight is 305 g/mol. The van der Waals surface area contributed by atoms with E-state index in [2.05, 4.69) is 5.32 Å². The second-order valence-electron chi connectivity index (χ2n) is 5.43. The van der Waals surface area contributed by atoms with E-state index in [1.54, 1.807) is 12.1 Å². The summed E-state index contributed by atoms with van der Waals surface area (Å²) in [6.07, 6.45) is 2.49. The molecule has 110 valence electrons. The average Bonchev–Trinajstić information content (AvgIpc) is 3.30. The van der Waals surface area contributed by atoms with E-state index in [0.29, 0.717) is 6.04 Å². The predicted molar refractivity (Wildman–Crippen MR) is 85.8 cm³/mol. The second-order valence-corrected chi connectivity index (χ2v) is 5.84. The monoisotopic (exact) mass is 304 g/mol. The van der Waals surface area contributed by atoms with Crippen molar-refractivity contribution < 1.29 is 4.39 Å². The van der Waals surface area contributed by atoms with Gasteiger partial charge in [0.2, 0.25) is 0 Å². The van der Waals surface area contributed by atoms with E-state index in [-0.39, 0.29) is 5.82 Å². The third-order valence-electron chi connectivity index (χ3n) is 3.81. The molecule has 1 N–H and O–H groups in total. The molecule has 1 fully saturated rings. The van der Waals surface area contributed by atoms with Crippen LogP contribution in [-0.2, 0) is 6.54 Å². The largest absolute Gasteiger partial charge is 0.344 e. The molecule has 0 unspecified atom stereocenters. The van der Waals surface area contributed by atoms with Crippen molar-refractivity contribution in [2.75, 3.05) is 11.9 Å². The maximum atomic E-state index is 13.1. The van der Waals surface area contributed by atoms with Gasteiger partial charge in [-0.05, 0) is 49.2 Å². The number of nitrogens with one attached hydrogen (secondary N) is 1. The summed E-state index contributed by atoms with van der Waals surface area (Å²) in [5, 5.41) is 4.26. The fraction of sp³-hybridized carbons (Fsp3) is 0.294. The standard InChI is InChI=1S/C17H18ClFN2/c1-21(14-9-5-12(19)6-10-14)17-4-2-3-16(18)15(17)11-20-13-7-8-13/h2-6,9-10,13,20H,7-8,11H2,1H3. The van der Waals surface area contributed by atoms with Crippen molar-refractivity contribution in [3.05, 3.63) is 58.9 Å². The third kappa shape index (κ3) is 3.36. The zero-order valence-electron chi connectivity index (χ0n) is 11.9. The van der Waals surface area contributed by atoms with E-state index in [1.165, 1.54) is 25.0 Å².